The first kappa shape index (κ1) is 20.2. The minimum Gasteiger partial charge on any atom is -0.383 e. The third-order valence-electron chi connectivity index (χ3n) is 3.82. The van der Waals surface area contributed by atoms with Gasteiger partial charge in [0.1, 0.15) is 16.1 Å². The van der Waals surface area contributed by atoms with Crippen molar-refractivity contribution >= 4 is 54.8 Å². The molecule has 2 aromatic rings. The second-order valence-electron chi connectivity index (χ2n) is 5.70. The van der Waals surface area contributed by atoms with Gasteiger partial charge in [0, 0.05) is 32.4 Å². The quantitative estimate of drug-likeness (QED) is 0.659. The van der Waals surface area contributed by atoms with Crippen molar-refractivity contribution in [3.63, 3.8) is 0 Å². The second kappa shape index (κ2) is 7.83. The van der Waals surface area contributed by atoms with E-state index in [0.717, 1.165) is 0 Å². The fraction of sp³-hybridized carbons (Fsp3) is 0.538. The predicted molar refractivity (Wildman–Crippen MR) is 100 cm³/mol. The number of anilines is 3. The van der Waals surface area contributed by atoms with Gasteiger partial charge in [-0.3, -0.25) is 4.21 Å². The zero-order valence-corrected chi connectivity index (χ0v) is 17.3. The number of rotatable bonds is 3. The zero-order valence-electron chi connectivity index (χ0n) is 14.0. The number of hydrogen-bond donors (Lipinski definition) is 1. The van der Waals surface area contributed by atoms with Gasteiger partial charge in [-0.05, 0) is 22.4 Å². The first-order valence-electron chi connectivity index (χ1n) is 7.74. The molecular formula is C13H15BrF3N7OS2. The Kier molecular flexibility index (Phi) is 5.86. The van der Waals surface area contributed by atoms with Gasteiger partial charge < -0.3 is 15.5 Å². The summed E-state index contributed by atoms with van der Waals surface area (Å²) in [6, 6.07) is 0. The van der Waals surface area contributed by atoms with Crippen LogP contribution in [0.3, 0.4) is 0 Å². The van der Waals surface area contributed by atoms with Gasteiger partial charge in [0.2, 0.25) is 15.3 Å². The highest BCUT2D eigenvalue weighted by molar-refractivity contribution is 9.10. The van der Waals surface area contributed by atoms with Crippen LogP contribution in [0.4, 0.5) is 29.9 Å². The Morgan fingerprint density at radius 1 is 1.15 bits per heavy atom. The Balaban J connectivity index is 1.79. The fourth-order valence-electron chi connectivity index (χ4n) is 2.55. The van der Waals surface area contributed by atoms with Crippen molar-refractivity contribution < 1.29 is 17.4 Å². The first-order chi connectivity index (χ1) is 12.7. The molecule has 27 heavy (non-hydrogen) atoms. The van der Waals surface area contributed by atoms with Crippen LogP contribution >= 0.6 is 27.3 Å². The van der Waals surface area contributed by atoms with E-state index >= 15 is 0 Å². The summed E-state index contributed by atoms with van der Waals surface area (Å²) in [5, 5.41) is 6.32. The SMILES string of the molecule is CS(=O)c1nc(N)c(Br)c(N2CCCN(c3nnc(C(F)(F)F)s3)CC2)n1. The van der Waals surface area contributed by atoms with E-state index in [0.29, 0.717) is 54.2 Å². The van der Waals surface area contributed by atoms with Gasteiger partial charge >= 0.3 is 6.18 Å². The summed E-state index contributed by atoms with van der Waals surface area (Å²) in [5.41, 5.74) is 5.87. The summed E-state index contributed by atoms with van der Waals surface area (Å²) >= 11 is 3.89. The molecule has 1 aliphatic rings. The Morgan fingerprint density at radius 3 is 2.44 bits per heavy atom. The van der Waals surface area contributed by atoms with Crippen molar-refractivity contribution in [2.45, 2.75) is 17.8 Å². The number of nitrogens with zero attached hydrogens (tertiary/aromatic N) is 6. The van der Waals surface area contributed by atoms with Crippen LogP contribution in [0.5, 0.6) is 0 Å². The lowest BCUT2D eigenvalue weighted by Gasteiger charge is -2.24. The van der Waals surface area contributed by atoms with Gasteiger partial charge in [-0.2, -0.15) is 13.2 Å². The third kappa shape index (κ3) is 4.48. The molecule has 8 nitrogen and oxygen atoms in total. The molecule has 1 saturated heterocycles. The van der Waals surface area contributed by atoms with Crippen molar-refractivity contribution in [3.05, 3.63) is 9.48 Å². The van der Waals surface area contributed by atoms with Crippen molar-refractivity contribution in [1.29, 1.82) is 0 Å². The monoisotopic (exact) mass is 485 g/mol. The standard InChI is InChI=1S/C13H15BrF3N7OS2/c1-27(25)11-19-8(18)7(14)9(20-11)23-3-2-4-24(6-5-23)12-22-21-10(26-12)13(15,16)17/h2-6H2,1H3,(H2,18,19,20). The van der Waals surface area contributed by atoms with E-state index in [4.69, 9.17) is 5.73 Å². The van der Waals surface area contributed by atoms with E-state index in [9.17, 15) is 17.4 Å². The van der Waals surface area contributed by atoms with Gasteiger partial charge in [-0.1, -0.05) is 11.3 Å². The number of aromatic nitrogens is 4. The Hall–Kier alpha value is -1.54. The molecule has 0 spiro atoms. The molecule has 0 aromatic carbocycles. The molecule has 148 valence electrons. The average molecular weight is 486 g/mol. The van der Waals surface area contributed by atoms with E-state index in [1.54, 1.807) is 4.90 Å². The van der Waals surface area contributed by atoms with Crippen LogP contribution in [0.1, 0.15) is 11.4 Å². The molecule has 2 aromatic heterocycles. The number of halogens is 4. The largest absolute Gasteiger partial charge is 0.445 e. The topological polar surface area (TPSA) is 101 Å². The van der Waals surface area contributed by atoms with Crippen molar-refractivity contribution in [3.8, 4) is 0 Å². The van der Waals surface area contributed by atoms with Crippen molar-refractivity contribution in [1.82, 2.24) is 20.2 Å². The summed E-state index contributed by atoms with van der Waals surface area (Å²) in [5.74, 6) is 0.702. The molecule has 1 aliphatic heterocycles. The molecule has 0 radical (unpaired) electrons. The minimum atomic E-state index is -4.50. The van der Waals surface area contributed by atoms with Crippen LogP contribution in [0.2, 0.25) is 0 Å². The summed E-state index contributed by atoms with van der Waals surface area (Å²) < 4.78 is 50.4. The third-order valence-corrected chi connectivity index (χ3v) is 6.31. The maximum Gasteiger partial charge on any atom is 0.445 e. The van der Waals surface area contributed by atoms with E-state index < -0.39 is 22.0 Å². The fourth-order valence-corrected chi connectivity index (χ4v) is 4.18. The van der Waals surface area contributed by atoms with E-state index in [1.165, 1.54) is 6.26 Å². The Morgan fingerprint density at radius 2 is 1.81 bits per heavy atom. The summed E-state index contributed by atoms with van der Waals surface area (Å²) in [6.45, 7) is 2.05. The molecule has 14 heteroatoms. The highest BCUT2D eigenvalue weighted by atomic mass is 79.9. The number of nitrogen functional groups attached to an aromatic ring is 1. The van der Waals surface area contributed by atoms with E-state index in [2.05, 4.69) is 36.1 Å². The van der Waals surface area contributed by atoms with Gasteiger partial charge in [0.15, 0.2) is 0 Å². The van der Waals surface area contributed by atoms with Gasteiger partial charge in [-0.15, -0.1) is 10.2 Å². The summed E-state index contributed by atoms with van der Waals surface area (Å²) in [6.07, 6.45) is -2.37. The smallest absolute Gasteiger partial charge is 0.383 e. The zero-order chi connectivity index (χ0) is 19.8. The van der Waals surface area contributed by atoms with Crippen LogP contribution < -0.4 is 15.5 Å². The molecule has 1 unspecified atom stereocenters. The van der Waals surface area contributed by atoms with Crippen LogP contribution in [-0.2, 0) is 17.0 Å². The van der Waals surface area contributed by atoms with Crippen LogP contribution in [0, 0.1) is 0 Å². The lowest BCUT2D eigenvalue weighted by molar-refractivity contribution is -0.138. The number of nitrogens with two attached hydrogens (primary N) is 1. The molecule has 0 bridgehead atoms. The highest BCUT2D eigenvalue weighted by Gasteiger charge is 2.36. The van der Waals surface area contributed by atoms with E-state index in [1.807, 2.05) is 4.90 Å². The maximum absolute atomic E-state index is 12.7. The second-order valence-corrected chi connectivity index (χ2v) is 8.72. The summed E-state index contributed by atoms with van der Waals surface area (Å²) in [4.78, 5) is 12.0. The van der Waals surface area contributed by atoms with E-state index in [-0.39, 0.29) is 16.1 Å². The molecule has 1 fully saturated rings. The van der Waals surface area contributed by atoms with Crippen LogP contribution in [0.25, 0.3) is 0 Å². The van der Waals surface area contributed by atoms with Gasteiger partial charge in [0.05, 0.1) is 10.8 Å². The van der Waals surface area contributed by atoms with Crippen LogP contribution in [-0.4, -0.2) is 56.8 Å². The maximum atomic E-state index is 12.7. The lowest BCUT2D eigenvalue weighted by atomic mass is 10.4. The van der Waals surface area contributed by atoms with Crippen molar-refractivity contribution in [2.75, 3.05) is 48.0 Å². The molecule has 0 aliphatic carbocycles. The molecule has 1 atom stereocenters. The number of alkyl halides is 3. The average Bonchev–Trinajstić information content (AvgIpc) is 2.97. The number of hydrogen-bond acceptors (Lipinski definition) is 9. The highest BCUT2D eigenvalue weighted by Crippen LogP contribution is 2.35. The molecule has 3 rings (SSSR count). The minimum absolute atomic E-state index is 0.130. The molecular weight excluding hydrogens is 471 g/mol. The molecule has 0 amide bonds. The lowest BCUT2D eigenvalue weighted by Crippen LogP contribution is -2.31. The molecule has 2 N–H and O–H groups in total. The normalized spacial score (nSPS) is 17.1. The Bertz CT molecular complexity index is 863. The summed E-state index contributed by atoms with van der Waals surface area (Å²) in [7, 11) is -1.39. The van der Waals surface area contributed by atoms with Gasteiger partial charge in [0.25, 0.3) is 0 Å². The van der Waals surface area contributed by atoms with Gasteiger partial charge in [-0.25, -0.2) is 9.97 Å². The van der Waals surface area contributed by atoms with Crippen LogP contribution in [0.15, 0.2) is 9.63 Å². The Labute approximate surface area is 167 Å². The first-order valence-corrected chi connectivity index (χ1v) is 10.9. The van der Waals surface area contributed by atoms with Crippen molar-refractivity contribution in [2.24, 2.45) is 0 Å². The molecule has 3 heterocycles. The predicted octanol–water partition coefficient (Wildman–Crippen LogP) is 2.15. The molecule has 0 saturated carbocycles.